The summed E-state index contributed by atoms with van der Waals surface area (Å²) in [5, 5.41) is 11.2. The van der Waals surface area contributed by atoms with Gasteiger partial charge in [-0.1, -0.05) is 12.1 Å². The molecule has 3 rings (SSSR count). The molecule has 7 heteroatoms. The molecule has 1 aromatic carbocycles. The first-order valence-corrected chi connectivity index (χ1v) is 7.66. The lowest BCUT2D eigenvalue weighted by Gasteiger charge is -2.34. The molecule has 120 valence electrons. The van der Waals surface area contributed by atoms with Crippen LogP contribution in [0.15, 0.2) is 30.5 Å². The monoisotopic (exact) mass is 312 g/mol. The van der Waals surface area contributed by atoms with Gasteiger partial charge in [-0.05, 0) is 24.6 Å². The van der Waals surface area contributed by atoms with Crippen molar-refractivity contribution < 1.29 is 4.79 Å². The number of nitrogens with zero attached hydrogens (tertiary/aromatic N) is 5. The number of aryl methyl sites for hydroxylation is 1. The van der Waals surface area contributed by atoms with Crippen LogP contribution in [-0.4, -0.2) is 52.2 Å². The normalized spacial score (nSPS) is 14.7. The summed E-state index contributed by atoms with van der Waals surface area (Å²) in [6.07, 6.45) is 1.66. The van der Waals surface area contributed by atoms with Gasteiger partial charge in [0.05, 0.1) is 6.20 Å². The average molecular weight is 312 g/mol. The Morgan fingerprint density at radius 3 is 2.70 bits per heavy atom. The highest BCUT2D eigenvalue weighted by Gasteiger charge is 2.20. The second-order valence-electron chi connectivity index (χ2n) is 5.63. The molecule has 7 nitrogen and oxygen atoms in total. The second kappa shape index (κ2) is 6.60. The van der Waals surface area contributed by atoms with Crippen LogP contribution < -0.4 is 10.2 Å². The average Bonchev–Trinajstić information content (AvgIpc) is 2.55. The van der Waals surface area contributed by atoms with E-state index in [4.69, 9.17) is 0 Å². The number of aromatic nitrogens is 3. The predicted octanol–water partition coefficient (Wildman–Crippen LogP) is 1.59. The standard InChI is InChI=1S/C16H20N6O/c1-12-4-3-5-14(10-12)18-16-19-15(11-17-20-16)22-8-6-21(7-9-22)13(2)23/h3-5,10-11H,6-9H2,1-2H3,(H,18,19,20). The predicted molar refractivity (Wildman–Crippen MR) is 88.8 cm³/mol. The topological polar surface area (TPSA) is 74.2 Å². The van der Waals surface area contributed by atoms with E-state index in [2.05, 4.69) is 25.4 Å². The number of anilines is 3. The number of carbonyl (C=O) groups is 1. The molecule has 0 spiro atoms. The molecule has 0 unspecified atom stereocenters. The van der Waals surface area contributed by atoms with E-state index in [1.165, 1.54) is 5.56 Å². The quantitative estimate of drug-likeness (QED) is 0.928. The zero-order chi connectivity index (χ0) is 16.2. The van der Waals surface area contributed by atoms with Crippen LogP contribution in [0, 0.1) is 6.92 Å². The second-order valence-corrected chi connectivity index (χ2v) is 5.63. The summed E-state index contributed by atoms with van der Waals surface area (Å²) in [5.41, 5.74) is 2.10. The first kappa shape index (κ1) is 15.2. The van der Waals surface area contributed by atoms with Gasteiger partial charge in [0, 0.05) is 38.8 Å². The third-order valence-electron chi connectivity index (χ3n) is 3.87. The van der Waals surface area contributed by atoms with Gasteiger partial charge in [0.2, 0.25) is 11.9 Å². The van der Waals surface area contributed by atoms with Crippen LogP contribution >= 0.6 is 0 Å². The highest BCUT2D eigenvalue weighted by atomic mass is 16.2. The number of nitrogens with one attached hydrogen (secondary N) is 1. The molecule has 0 aliphatic carbocycles. The number of carbonyl (C=O) groups excluding carboxylic acids is 1. The maximum atomic E-state index is 11.4. The molecule has 23 heavy (non-hydrogen) atoms. The van der Waals surface area contributed by atoms with Crippen LogP contribution in [0.5, 0.6) is 0 Å². The Bertz CT molecular complexity index is 696. The largest absolute Gasteiger partial charge is 0.352 e. The van der Waals surface area contributed by atoms with Crippen molar-refractivity contribution in [1.29, 1.82) is 0 Å². The van der Waals surface area contributed by atoms with Crippen molar-refractivity contribution >= 4 is 23.4 Å². The molecule has 0 saturated carbocycles. The van der Waals surface area contributed by atoms with Crippen molar-refractivity contribution in [3.63, 3.8) is 0 Å². The maximum Gasteiger partial charge on any atom is 0.249 e. The third-order valence-corrected chi connectivity index (χ3v) is 3.87. The molecule has 2 aromatic rings. The van der Waals surface area contributed by atoms with Gasteiger partial charge in [-0.3, -0.25) is 4.79 Å². The van der Waals surface area contributed by atoms with E-state index in [0.717, 1.165) is 24.6 Å². The van der Waals surface area contributed by atoms with Crippen LogP contribution in [0.4, 0.5) is 17.5 Å². The first-order valence-electron chi connectivity index (χ1n) is 7.66. The van der Waals surface area contributed by atoms with Crippen LogP contribution in [0.2, 0.25) is 0 Å². The minimum absolute atomic E-state index is 0.118. The highest BCUT2D eigenvalue weighted by molar-refractivity contribution is 5.73. The summed E-state index contributed by atoms with van der Waals surface area (Å²) >= 11 is 0. The lowest BCUT2D eigenvalue weighted by Crippen LogP contribution is -2.48. The van der Waals surface area contributed by atoms with Gasteiger partial charge < -0.3 is 15.1 Å². The molecular weight excluding hydrogens is 292 g/mol. The van der Waals surface area contributed by atoms with Gasteiger partial charge in [0.15, 0.2) is 5.82 Å². The fourth-order valence-corrected chi connectivity index (χ4v) is 2.60. The van der Waals surface area contributed by atoms with Crippen molar-refractivity contribution in [1.82, 2.24) is 20.1 Å². The SMILES string of the molecule is CC(=O)N1CCN(c2cnnc(Nc3cccc(C)c3)n2)CC1. The molecule has 1 amide bonds. The van der Waals surface area contributed by atoms with E-state index < -0.39 is 0 Å². The van der Waals surface area contributed by atoms with Gasteiger partial charge >= 0.3 is 0 Å². The Balaban J connectivity index is 1.69. The Labute approximate surface area is 135 Å². The number of hydrogen-bond donors (Lipinski definition) is 1. The van der Waals surface area contributed by atoms with Gasteiger partial charge in [-0.25, -0.2) is 0 Å². The van der Waals surface area contributed by atoms with E-state index in [0.29, 0.717) is 19.0 Å². The van der Waals surface area contributed by atoms with E-state index in [1.807, 2.05) is 36.1 Å². The smallest absolute Gasteiger partial charge is 0.249 e. The minimum atomic E-state index is 0.118. The summed E-state index contributed by atoms with van der Waals surface area (Å²) < 4.78 is 0. The van der Waals surface area contributed by atoms with E-state index >= 15 is 0 Å². The summed E-state index contributed by atoms with van der Waals surface area (Å²) in [5.74, 6) is 1.37. The highest BCUT2D eigenvalue weighted by Crippen LogP contribution is 2.17. The van der Waals surface area contributed by atoms with Crippen molar-refractivity contribution in [3.8, 4) is 0 Å². The van der Waals surface area contributed by atoms with Crippen molar-refractivity contribution in [3.05, 3.63) is 36.0 Å². The van der Waals surface area contributed by atoms with E-state index in [-0.39, 0.29) is 5.91 Å². The molecule has 0 atom stereocenters. The molecule has 0 radical (unpaired) electrons. The van der Waals surface area contributed by atoms with E-state index in [1.54, 1.807) is 13.1 Å². The van der Waals surface area contributed by atoms with Crippen molar-refractivity contribution in [2.75, 3.05) is 36.4 Å². The third kappa shape index (κ3) is 3.74. The Kier molecular flexibility index (Phi) is 4.36. The molecule has 1 N–H and O–H groups in total. The van der Waals surface area contributed by atoms with Crippen LogP contribution in [-0.2, 0) is 4.79 Å². The lowest BCUT2D eigenvalue weighted by atomic mass is 10.2. The first-order chi connectivity index (χ1) is 11.1. The molecule has 2 heterocycles. The Morgan fingerprint density at radius 2 is 2.00 bits per heavy atom. The fraction of sp³-hybridized carbons (Fsp3) is 0.375. The molecule has 1 aliphatic heterocycles. The zero-order valence-electron chi connectivity index (χ0n) is 13.4. The number of rotatable bonds is 3. The fourth-order valence-electron chi connectivity index (χ4n) is 2.60. The molecule has 1 aliphatic rings. The van der Waals surface area contributed by atoms with Gasteiger partial charge in [0.1, 0.15) is 0 Å². The summed E-state index contributed by atoms with van der Waals surface area (Å²) in [6, 6.07) is 8.02. The summed E-state index contributed by atoms with van der Waals surface area (Å²) in [7, 11) is 0. The van der Waals surface area contributed by atoms with Crippen molar-refractivity contribution in [2.24, 2.45) is 0 Å². The van der Waals surface area contributed by atoms with E-state index in [9.17, 15) is 4.79 Å². The molecule has 1 aromatic heterocycles. The maximum absolute atomic E-state index is 11.4. The molecular formula is C16H20N6O. The lowest BCUT2D eigenvalue weighted by molar-refractivity contribution is -0.129. The van der Waals surface area contributed by atoms with Gasteiger partial charge in [0.25, 0.3) is 0 Å². The minimum Gasteiger partial charge on any atom is -0.352 e. The molecule has 1 fully saturated rings. The Morgan fingerprint density at radius 1 is 1.22 bits per heavy atom. The molecule has 0 bridgehead atoms. The number of piperazine rings is 1. The van der Waals surface area contributed by atoms with Crippen molar-refractivity contribution in [2.45, 2.75) is 13.8 Å². The summed E-state index contributed by atoms with van der Waals surface area (Å²) in [6.45, 7) is 6.56. The van der Waals surface area contributed by atoms with Gasteiger partial charge in [-0.15, -0.1) is 5.10 Å². The van der Waals surface area contributed by atoms with Crippen LogP contribution in [0.3, 0.4) is 0 Å². The van der Waals surface area contributed by atoms with Crippen LogP contribution in [0.1, 0.15) is 12.5 Å². The summed E-state index contributed by atoms with van der Waals surface area (Å²) in [4.78, 5) is 19.9. The number of hydrogen-bond acceptors (Lipinski definition) is 6. The Hall–Kier alpha value is -2.70. The number of amides is 1. The van der Waals surface area contributed by atoms with Crippen LogP contribution in [0.25, 0.3) is 0 Å². The number of benzene rings is 1. The molecule has 1 saturated heterocycles. The van der Waals surface area contributed by atoms with Gasteiger partial charge in [-0.2, -0.15) is 10.1 Å². The zero-order valence-corrected chi connectivity index (χ0v) is 13.4.